The zero-order chi connectivity index (χ0) is 20.9. The average molecular weight is 420 g/mol. The van der Waals surface area contributed by atoms with Gasteiger partial charge in [-0.25, -0.2) is 4.79 Å². The maximum atomic E-state index is 12.8. The van der Waals surface area contributed by atoms with E-state index in [1.807, 2.05) is 48.5 Å². The van der Waals surface area contributed by atoms with E-state index in [2.05, 4.69) is 15.7 Å². The lowest BCUT2D eigenvalue weighted by Gasteiger charge is -2.20. The van der Waals surface area contributed by atoms with E-state index in [-0.39, 0.29) is 12.5 Å². The number of nitrogens with one attached hydrogen (secondary N) is 1. The average Bonchev–Trinajstić information content (AvgIpc) is 3.13. The fraction of sp³-hybridized carbons (Fsp3) is 0.0909. The molecule has 1 aromatic heterocycles. The van der Waals surface area contributed by atoms with Crippen molar-refractivity contribution in [1.29, 1.82) is 0 Å². The number of carbonyl (C=O) groups excluding carboxylic acids is 1. The predicted octanol–water partition coefficient (Wildman–Crippen LogP) is 2.99. The van der Waals surface area contributed by atoms with Crippen molar-refractivity contribution in [2.45, 2.75) is 12.6 Å². The van der Waals surface area contributed by atoms with Crippen molar-refractivity contribution in [2.24, 2.45) is 0 Å². The molecular formula is C22H18ClN5O2. The van der Waals surface area contributed by atoms with Crippen molar-refractivity contribution >= 4 is 17.5 Å². The zero-order valence-electron chi connectivity index (χ0n) is 15.9. The number of aromatic nitrogens is 4. The molecule has 0 fully saturated rings. The molecule has 8 heteroatoms. The highest BCUT2D eigenvalue weighted by atomic mass is 35.5. The lowest BCUT2D eigenvalue weighted by Crippen LogP contribution is -2.36. The molecule has 30 heavy (non-hydrogen) atoms. The minimum atomic E-state index is -0.490. The van der Waals surface area contributed by atoms with E-state index >= 15 is 0 Å². The van der Waals surface area contributed by atoms with Gasteiger partial charge in [0, 0.05) is 5.02 Å². The molecule has 4 rings (SSSR count). The largest absolute Gasteiger partial charge is 0.368 e. The molecule has 1 N–H and O–H groups in total. The summed E-state index contributed by atoms with van der Waals surface area (Å²) in [7, 11) is 0. The van der Waals surface area contributed by atoms with Crippen LogP contribution in [0.1, 0.15) is 17.2 Å². The van der Waals surface area contributed by atoms with Gasteiger partial charge < -0.3 is 5.32 Å². The molecular weight excluding hydrogens is 402 g/mol. The van der Waals surface area contributed by atoms with Crippen LogP contribution in [0.5, 0.6) is 0 Å². The highest BCUT2D eigenvalue weighted by Crippen LogP contribution is 2.24. The summed E-state index contributed by atoms with van der Waals surface area (Å²) in [5.41, 5.74) is 1.82. The molecule has 7 nitrogen and oxygen atoms in total. The van der Waals surface area contributed by atoms with Crippen LogP contribution in [0.3, 0.4) is 0 Å². The van der Waals surface area contributed by atoms with Crippen LogP contribution < -0.4 is 11.0 Å². The summed E-state index contributed by atoms with van der Waals surface area (Å²) >= 11 is 6.15. The second kappa shape index (κ2) is 8.75. The van der Waals surface area contributed by atoms with Gasteiger partial charge in [0.2, 0.25) is 5.91 Å². The van der Waals surface area contributed by atoms with E-state index in [1.165, 1.54) is 0 Å². The van der Waals surface area contributed by atoms with Crippen LogP contribution in [0.4, 0.5) is 0 Å². The first-order valence-electron chi connectivity index (χ1n) is 9.30. The molecule has 0 spiro atoms. The minimum Gasteiger partial charge on any atom is -0.344 e. The van der Waals surface area contributed by atoms with Crippen LogP contribution in [-0.4, -0.2) is 25.7 Å². The molecule has 0 saturated carbocycles. The standard InChI is InChI=1S/C22H18ClN5O2/c23-18-11-7-10-17(14-18)21(16-8-3-1-4-9-16)24-20(29)15-27-22(30)28(26-25-27)19-12-5-2-6-13-19/h1-14,21H,15H2,(H,24,29). The van der Waals surface area contributed by atoms with Crippen LogP contribution >= 0.6 is 11.6 Å². The Labute approximate surface area is 177 Å². The molecule has 0 radical (unpaired) electrons. The number of halogens is 1. The number of tetrazole rings is 1. The smallest absolute Gasteiger partial charge is 0.344 e. The number of nitrogens with zero attached hydrogens (tertiary/aromatic N) is 4. The molecule has 3 aromatic carbocycles. The van der Waals surface area contributed by atoms with E-state index in [0.717, 1.165) is 20.5 Å². The molecule has 0 bridgehead atoms. The first-order chi connectivity index (χ1) is 14.6. The monoisotopic (exact) mass is 419 g/mol. The maximum absolute atomic E-state index is 12.8. The normalized spacial score (nSPS) is 11.8. The molecule has 150 valence electrons. The number of rotatable bonds is 6. The number of para-hydroxylation sites is 1. The zero-order valence-corrected chi connectivity index (χ0v) is 16.6. The van der Waals surface area contributed by atoms with Crippen molar-refractivity contribution in [2.75, 3.05) is 0 Å². The Hall–Kier alpha value is -3.71. The van der Waals surface area contributed by atoms with E-state index < -0.39 is 11.7 Å². The minimum absolute atomic E-state index is 0.254. The van der Waals surface area contributed by atoms with Gasteiger partial charge in [-0.2, -0.15) is 9.36 Å². The lowest BCUT2D eigenvalue weighted by atomic mass is 9.98. The SMILES string of the molecule is O=C(Cn1nnn(-c2ccccc2)c1=O)NC(c1ccccc1)c1cccc(Cl)c1. The summed E-state index contributed by atoms with van der Waals surface area (Å²) in [5, 5.41) is 11.2. The second-order valence-corrected chi connectivity index (χ2v) is 7.07. The summed E-state index contributed by atoms with van der Waals surface area (Å²) in [5.74, 6) is -0.369. The molecule has 0 saturated heterocycles. The van der Waals surface area contributed by atoms with Crippen LogP contribution in [0, 0.1) is 0 Å². The number of hydrogen-bond acceptors (Lipinski definition) is 4. The highest BCUT2D eigenvalue weighted by molar-refractivity contribution is 6.30. The fourth-order valence-electron chi connectivity index (χ4n) is 3.14. The van der Waals surface area contributed by atoms with Crippen molar-refractivity contribution in [1.82, 2.24) is 25.1 Å². The van der Waals surface area contributed by atoms with Gasteiger partial charge in [-0.05, 0) is 45.8 Å². The van der Waals surface area contributed by atoms with Gasteiger partial charge in [-0.15, -0.1) is 0 Å². The number of benzene rings is 3. The molecule has 1 heterocycles. The summed E-state index contributed by atoms with van der Waals surface area (Å²) in [6.07, 6.45) is 0. The predicted molar refractivity (Wildman–Crippen MR) is 113 cm³/mol. The van der Waals surface area contributed by atoms with Crippen LogP contribution in [-0.2, 0) is 11.3 Å². The third-order valence-corrected chi connectivity index (χ3v) is 4.79. The lowest BCUT2D eigenvalue weighted by molar-refractivity contribution is -0.122. The summed E-state index contributed by atoms with van der Waals surface area (Å²) in [6, 6.07) is 25.3. The van der Waals surface area contributed by atoms with Crippen molar-refractivity contribution < 1.29 is 4.79 Å². The Kier molecular flexibility index (Phi) is 5.72. The van der Waals surface area contributed by atoms with Crippen molar-refractivity contribution in [3.05, 3.63) is 112 Å². The molecule has 0 aliphatic heterocycles. The summed E-state index contributed by atoms with van der Waals surface area (Å²) < 4.78 is 2.18. The van der Waals surface area contributed by atoms with Crippen LogP contribution in [0.15, 0.2) is 89.7 Å². The van der Waals surface area contributed by atoms with Gasteiger partial charge in [-0.3, -0.25) is 4.79 Å². The topological polar surface area (TPSA) is 81.8 Å². The summed E-state index contributed by atoms with van der Waals surface area (Å²) in [6.45, 7) is -0.254. The first kappa shape index (κ1) is 19.6. The molecule has 1 atom stereocenters. The Balaban J connectivity index is 1.57. The third-order valence-electron chi connectivity index (χ3n) is 4.55. The van der Waals surface area contributed by atoms with Crippen molar-refractivity contribution in [3.8, 4) is 5.69 Å². The molecule has 1 unspecified atom stereocenters. The van der Waals surface area contributed by atoms with Gasteiger partial charge in [0.05, 0.1) is 11.7 Å². The molecule has 4 aromatic rings. The quantitative estimate of drug-likeness (QED) is 0.521. The van der Waals surface area contributed by atoms with E-state index in [9.17, 15) is 9.59 Å². The molecule has 1 amide bonds. The fourth-order valence-corrected chi connectivity index (χ4v) is 3.34. The van der Waals surface area contributed by atoms with E-state index in [1.54, 1.807) is 36.4 Å². The summed E-state index contributed by atoms with van der Waals surface area (Å²) in [4.78, 5) is 25.4. The van der Waals surface area contributed by atoms with Gasteiger partial charge in [0.1, 0.15) is 6.54 Å². The molecule has 0 aliphatic carbocycles. The highest BCUT2D eigenvalue weighted by Gasteiger charge is 2.19. The Morgan fingerprint density at radius 1 is 0.900 bits per heavy atom. The van der Waals surface area contributed by atoms with Gasteiger partial charge >= 0.3 is 5.69 Å². The van der Waals surface area contributed by atoms with Crippen LogP contribution in [0.2, 0.25) is 5.02 Å². The number of amides is 1. The Morgan fingerprint density at radius 2 is 1.57 bits per heavy atom. The molecule has 0 aliphatic rings. The maximum Gasteiger partial charge on any atom is 0.368 e. The third kappa shape index (κ3) is 4.31. The van der Waals surface area contributed by atoms with Crippen molar-refractivity contribution in [3.63, 3.8) is 0 Å². The van der Waals surface area contributed by atoms with E-state index in [4.69, 9.17) is 11.6 Å². The Bertz CT molecular complexity index is 1200. The first-order valence-corrected chi connectivity index (χ1v) is 9.67. The number of carbonyl (C=O) groups is 1. The Morgan fingerprint density at radius 3 is 2.27 bits per heavy atom. The van der Waals surface area contributed by atoms with Gasteiger partial charge in [0.15, 0.2) is 0 Å². The van der Waals surface area contributed by atoms with Gasteiger partial charge in [0.25, 0.3) is 0 Å². The van der Waals surface area contributed by atoms with E-state index in [0.29, 0.717) is 10.7 Å². The van der Waals surface area contributed by atoms with Gasteiger partial charge in [-0.1, -0.05) is 72.3 Å². The number of hydrogen-bond donors (Lipinski definition) is 1. The second-order valence-electron chi connectivity index (χ2n) is 6.63. The van der Waals surface area contributed by atoms with Crippen LogP contribution in [0.25, 0.3) is 5.69 Å².